The smallest absolute Gasteiger partial charge is 0.123 e. The van der Waals surface area contributed by atoms with Gasteiger partial charge < -0.3 is 4.74 Å². The lowest BCUT2D eigenvalue weighted by atomic mass is 9.84. The minimum Gasteiger partial charge on any atom is -0.493 e. The first-order valence-electron chi connectivity index (χ1n) is 8.79. The van der Waals surface area contributed by atoms with E-state index >= 15 is 0 Å². The molecule has 0 unspecified atom stereocenters. The summed E-state index contributed by atoms with van der Waals surface area (Å²) in [5, 5.41) is 2.69. The predicted octanol–water partition coefficient (Wildman–Crippen LogP) is 4.87. The quantitative estimate of drug-likeness (QED) is 0.653. The van der Waals surface area contributed by atoms with Gasteiger partial charge in [0.1, 0.15) is 5.75 Å². The lowest BCUT2D eigenvalue weighted by Gasteiger charge is -2.29. The van der Waals surface area contributed by atoms with Gasteiger partial charge in [0, 0.05) is 37.0 Å². The summed E-state index contributed by atoms with van der Waals surface area (Å²) in [6.07, 6.45) is 0. The molecule has 1 saturated heterocycles. The monoisotopic (exact) mass is 351 g/mol. The first-order valence-corrected chi connectivity index (χ1v) is 8.79. The molecule has 0 saturated carbocycles. The molecule has 2 atom stereocenters. The van der Waals surface area contributed by atoms with Gasteiger partial charge in [0.15, 0.2) is 0 Å². The molecule has 0 bridgehead atoms. The van der Waals surface area contributed by atoms with Crippen molar-refractivity contribution in [1.29, 1.82) is 0 Å². The van der Waals surface area contributed by atoms with Gasteiger partial charge in [-0.05, 0) is 22.4 Å². The summed E-state index contributed by atoms with van der Waals surface area (Å²) in [6.45, 7) is 4.14. The van der Waals surface area contributed by atoms with E-state index < -0.39 is 0 Å². The van der Waals surface area contributed by atoms with Crippen LogP contribution >= 0.6 is 12.4 Å². The van der Waals surface area contributed by atoms with Crippen molar-refractivity contribution in [1.82, 2.24) is 4.90 Å². The van der Waals surface area contributed by atoms with Crippen molar-refractivity contribution in [2.24, 2.45) is 5.92 Å². The highest BCUT2D eigenvalue weighted by Gasteiger charge is 2.39. The molecule has 5 rings (SSSR count). The van der Waals surface area contributed by atoms with Crippen LogP contribution in [0.3, 0.4) is 0 Å². The van der Waals surface area contributed by atoms with E-state index in [1.807, 2.05) is 0 Å². The van der Waals surface area contributed by atoms with Crippen LogP contribution in [0.15, 0.2) is 66.7 Å². The van der Waals surface area contributed by atoms with Crippen molar-refractivity contribution >= 4 is 23.2 Å². The minimum atomic E-state index is 0. The van der Waals surface area contributed by atoms with E-state index in [9.17, 15) is 0 Å². The highest BCUT2D eigenvalue weighted by Crippen LogP contribution is 2.45. The Balaban J connectivity index is 0.00000157. The van der Waals surface area contributed by atoms with E-state index in [1.54, 1.807) is 0 Å². The van der Waals surface area contributed by atoms with E-state index in [0.29, 0.717) is 11.8 Å². The number of likely N-dealkylation sites (tertiary alicyclic amines) is 1. The number of fused-ring (bicyclic) bond motifs is 5. The summed E-state index contributed by atoms with van der Waals surface area (Å²) < 4.78 is 6.12. The molecule has 2 aliphatic heterocycles. The molecule has 2 nitrogen and oxygen atoms in total. The molecule has 0 aliphatic carbocycles. The maximum absolute atomic E-state index is 6.12. The lowest BCUT2D eigenvalue weighted by Crippen LogP contribution is -2.25. The third-order valence-corrected chi connectivity index (χ3v) is 5.52. The second-order valence-electron chi connectivity index (χ2n) is 7.06. The summed E-state index contributed by atoms with van der Waals surface area (Å²) in [4.78, 5) is 2.59. The zero-order valence-corrected chi connectivity index (χ0v) is 14.9. The van der Waals surface area contributed by atoms with E-state index in [4.69, 9.17) is 4.74 Å². The number of hydrogen-bond acceptors (Lipinski definition) is 2. The van der Waals surface area contributed by atoms with E-state index in [0.717, 1.165) is 32.0 Å². The zero-order chi connectivity index (χ0) is 15.9. The molecule has 0 amide bonds. The van der Waals surface area contributed by atoms with E-state index in [1.165, 1.54) is 21.9 Å². The molecule has 3 heteroatoms. The summed E-state index contributed by atoms with van der Waals surface area (Å²) in [5.41, 5.74) is 2.83. The van der Waals surface area contributed by atoms with Gasteiger partial charge in [0.05, 0.1) is 6.61 Å². The fraction of sp³-hybridized carbons (Fsp3) is 0.273. The third-order valence-electron chi connectivity index (χ3n) is 5.52. The largest absolute Gasteiger partial charge is 0.493 e. The van der Waals surface area contributed by atoms with Crippen molar-refractivity contribution in [3.05, 3.63) is 77.9 Å². The van der Waals surface area contributed by atoms with Crippen LogP contribution in [0.1, 0.15) is 17.0 Å². The molecule has 25 heavy (non-hydrogen) atoms. The number of benzene rings is 3. The average Bonchev–Trinajstić information content (AvgIpc) is 3.04. The predicted molar refractivity (Wildman–Crippen MR) is 105 cm³/mol. The fourth-order valence-corrected chi connectivity index (χ4v) is 4.41. The third kappa shape index (κ3) is 2.90. The van der Waals surface area contributed by atoms with Gasteiger partial charge in [0.2, 0.25) is 0 Å². The van der Waals surface area contributed by atoms with E-state index in [-0.39, 0.29) is 12.4 Å². The molecular formula is C22H22ClNO. The van der Waals surface area contributed by atoms with Crippen LogP contribution < -0.4 is 4.74 Å². The van der Waals surface area contributed by atoms with Crippen LogP contribution in [-0.4, -0.2) is 24.6 Å². The first-order chi connectivity index (χ1) is 11.9. The van der Waals surface area contributed by atoms with Crippen LogP contribution in [0.25, 0.3) is 10.8 Å². The Morgan fingerprint density at radius 1 is 0.880 bits per heavy atom. The van der Waals surface area contributed by atoms with Gasteiger partial charge in [-0.3, -0.25) is 4.90 Å². The number of rotatable bonds is 2. The van der Waals surface area contributed by atoms with Crippen LogP contribution in [-0.2, 0) is 6.54 Å². The van der Waals surface area contributed by atoms with Crippen molar-refractivity contribution in [3.8, 4) is 5.75 Å². The van der Waals surface area contributed by atoms with Crippen LogP contribution in [0.5, 0.6) is 5.75 Å². The maximum Gasteiger partial charge on any atom is 0.123 e. The van der Waals surface area contributed by atoms with Gasteiger partial charge in [-0.15, -0.1) is 12.4 Å². The Morgan fingerprint density at radius 2 is 1.68 bits per heavy atom. The van der Waals surface area contributed by atoms with Gasteiger partial charge in [0.25, 0.3) is 0 Å². The number of ether oxygens (including phenoxy) is 1. The van der Waals surface area contributed by atoms with Crippen LogP contribution in [0, 0.1) is 5.92 Å². The number of nitrogens with zero attached hydrogens (tertiary/aromatic N) is 1. The van der Waals surface area contributed by atoms with Gasteiger partial charge in [-0.25, -0.2) is 0 Å². The van der Waals surface area contributed by atoms with Crippen molar-refractivity contribution in [2.45, 2.75) is 12.5 Å². The molecule has 0 aromatic heterocycles. The molecule has 2 aliphatic rings. The summed E-state index contributed by atoms with van der Waals surface area (Å²) >= 11 is 0. The first kappa shape index (κ1) is 16.4. The number of halogens is 1. The molecule has 0 spiro atoms. The normalized spacial score (nSPS) is 21.9. The molecule has 128 valence electrons. The van der Waals surface area contributed by atoms with Crippen LogP contribution in [0.4, 0.5) is 0 Å². The Bertz CT molecular complexity index is 880. The van der Waals surface area contributed by atoms with Gasteiger partial charge in [-0.2, -0.15) is 0 Å². The Hall–Kier alpha value is -2.03. The zero-order valence-electron chi connectivity index (χ0n) is 14.1. The topological polar surface area (TPSA) is 12.5 Å². The molecule has 1 fully saturated rings. The highest BCUT2D eigenvalue weighted by atomic mass is 35.5. The number of hydrogen-bond donors (Lipinski definition) is 0. The molecular weight excluding hydrogens is 330 g/mol. The summed E-state index contributed by atoms with van der Waals surface area (Å²) in [5.74, 6) is 2.28. The van der Waals surface area contributed by atoms with E-state index in [2.05, 4.69) is 71.6 Å². The van der Waals surface area contributed by atoms with Crippen LogP contribution in [0.2, 0.25) is 0 Å². The Kier molecular flexibility index (Phi) is 4.41. The highest BCUT2D eigenvalue weighted by molar-refractivity contribution is 5.88. The fourth-order valence-electron chi connectivity index (χ4n) is 4.41. The molecule has 2 heterocycles. The van der Waals surface area contributed by atoms with Gasteiger partial charge >= 0.3 is 0 Å². The lowest BCUT2D eigenvalue weighted by molar-refractivity contribution is 0.213. The molecule has 0 radical (unpaired) electrons. The second kappa shape index (κ2) is 6.70. The molecule has 0 N–H and O–H groups in total. The van der Waals surface area contributed by atoms with Gasteiger partial charge in [-0.1, -0.05) is 60.7 Å². The summed E-state index contributed by atoms with van der Waals surface area (Å²) in [7, 11) is 0. The molecule has 3 aromatic rings. The average molecular weight is 352 g/mol. The Morgan fingerprint density at radius 3 is 2.56 bits per heavy atom. The SMILES string of the molecule is Cl.c1ccc(CN2C[C@H]3COc4ccc5ccccc5c4[C@H]3C2)cc1. The Labute approximate surface area is 154 Å². The van der Waals surface area contributed by atoms with Crippen molar-refractivity contribution in [2.75, 3.05) is 19.7 Å². The molecule has 3 aromatic carbocycles. The maximum atomic E-state index is 6.12. The minimum absolute atomic E-state index is 0. The standard InChI is InChI=1S/C22H21NO.ClH/c1-2-6-16(7-3-1)12-23-13-18-15-24-21-11-10-17-8-4-5-9-19(17)22(21)20(18)14-23;/h1-11,18,20H,12-15H2;1H/t18-,20-;/m0./s1. The summed E-state index contributed by atoms with van der Waals surface area (Å²) in [6, 6.07) is 23.9. The second-order valence-corrected chi connectivity index (χ2v) is 7.06. The van der Waals surface area contributed by atoms with Crippen molar-refractivity contribution < 1.29 is 4.74 Å². The van der Waals surface area contributed by atoms with Crippen molar-refractivity contribution in [3.63, 3.8) is 0 Å².